The van der Waals surface area contributed by atoms with Gasteiger partial charge in [0.1, 0.15) is 11.4 Å². The number of fused-ring (bicyclic) bond motifs is 1. The molecule has 1 aromatic heterocycles. The van der Waals surface area contributed by atoms with Crippen molar-refractivity contribution in [1.29, 1.82) is 0 Å². The Morgan fingerprint density at radius 3 is 2.24 bits per heavy atom. The van der Waals surface area contributed by atoms with Crippen LogP contribution in [0.25, 0.3) is 10.9 Å². The Morgan fingerprint density at radius 2 is 1.68 bits per heavy atom. The number of amides is 2. The van der Waals surface area contributed by atoms with Gasteiger partial charge in [-0.1, -0.05) is 12.1 Å². The first-order chi connectivity index (χ1) is 19.0. The van der Waals surface area contributed by atoms with Crippen molar-refractivity contribution >= 4 is 32.9 Å². The lowest BCUT2D eigenvalue weighted by Gasteiger charge is -2.19. The monoisotopic (exact) mass is 586 g/mol. The number of nitrogens with zero attached hydrogens (tertiary/aromatic N) is 3. The number of benzene rings is 2. The van der Waals surface area contributed by atoms with E-state index < -0.39 is 27.5 Å². The second-order valence-electron chi connectivity index (χ2n) is 11.2. The SMILES string of the molecule is Cc1c(Cc2ccc(S(=O)(=O)N(C)C)cc2)c2cc(C(=O)N(C)C)ccc2n1C/C(F)=C/CNC(=O)OC(C)(C)C. The fraction of sp³-hybridized carbons (Fsp3) is 0.400. The van der Waals surface area contributed by atoms with Gasteiger partial charge in [-0.15, -0.1) is 0 Å². The number of carbonyl (C=O) groups is 2. The predicted molar refractivity (Wildman–Crippen MR) is 158 cm³/mol. The lowest BCUT2D eigenvalue weighted by atomic mass is 10.0. The molecule has 0 saturated heterocycles. The number of aromatic nitrogens is 1. The fourth-order valence-corrected chi connectivity index (χ4v) is 5.24. The molecule has 0 radical (unpaired) electrons. The van der Waals surface area contributed by atoms with Crippen molar-refractivity contribution in [3.8, 4) is 0 Å². The van der Waals surface area contributed by atoms with Crippen LogP contribution in [0.1, 0.15) is 48.0 Å². The molecule has 0 aliphatic rings. The van der Waals surface area contributed by atoms with Crippen LogP contribution in [0.5, 0.6) is 0 Å². The first-order valence-corrected chi connectivity index (χ1v) is 14.6. The zero-order valence-corrected chi connectivity index (χ0v) is 25.7. The lowest BCUT2D eigenvalue weighted by molar-refractivity contribution is 0.0533. The maximum atomic E-state index is 15.1. The first-order valence-electron chi connectivity index (χ1n) is 13.2. The summed E-state index contributed by atoms with van der Waals surface area (Å²) in [6.45, 7) is 7.03. The highest BCUT2D eigenvalue weighted by molar-refractivity contribution is 7.89. The maximum Gasteiger partial charge on any atom is 0.407 e. The van der Waals surface area contributed by atoms with E-state index in [0.29, 0.717) is 12.0 Å². The average Bonchev–Trinajstić information content (AvgIpc) is 3.12. The third-order valence-electron chi connectivity index (χ3n) is 6.47. The zero-order valence-electron chi connectivity index (χ0n) is 24.9. The number of ether oxygens (including phenoxy) is 1. The van der Waals surface area contributed by atoms with E-state index in [1.807, 2.05) is 23.6 Å². The minimum absolute atomic E-state index is 0.0322. The van der Waals surface area contributed by atoms with Gasteiger partial charge in [-0.2, -0.15) is 0 Å². The van der Waals surface area contributed by atoms with Crippen molar-refractivity contribution in [3.63, 3.8) is 0 Å². The van der Waals surface area contributed by atoms with E-state index in [9.17, 15) is 18.0 Å². The van der Waals surface area contributed by atoms with E-state index in [4.69, 9.17) is 4.74 Å². The van der Waals surface area contributed by atoms with Gasteiger partial charge in [0.05, 0.1) is 11.4 Å². The molecule has 41 heavy (non-hydrogen) atoms. The molecular formula is C30H39FN4O5S. The van der Waals surface area contributed by atoms with Crippen LogP contribution in [-0.4, -0.2) is 74.5 Å². The summed E-state index contributed by atoms with van der Waals surface area (Å²) in [4.78, 5) is 26.3. The summed E-state index contributed by atoms with van der Waals surface area (Å²) in [7, 11) is 2.76. The van der Waals surface area contributed by atoms with Crippen molar-refractivity contribution < 1.29 is 27.1 Å². The average molecular weight is 587 g/mol. The molecule has 0 saturated carbocycles. The van der Waals surface area contributed by atoms with Crippen LogP contribution in [0.2, 0.25) is 0 Å². The molecule has 9 nitrogen and oxygen atoms in total. The Bertz CT molecular complexity index is 1570. The third-order valence-corrected chi connectivity index (χ3v) is 8.30. The Balaban J connectivity index is 1.97. The summed E-state index contributed by atoms with van der Waals surface area (Å²) < 4.78 is 48.2. The summed E-state index contributed by atoms with van der Waals surface area (Å²) >= 11 is 0. The molecule has 3 aromatic rings. The van der Waals surface area contributed by atoms with Crippen molar-refractivity contribution in [2.75, 3.05) is 34.7 Å². The van der Waals surface area contributed by atoms with Gasteiger partial charge >= 0.3 is 6.09 Å². The largest absolute Gasteiger partial charge is 0.444 e. The molecule has 0 fully saturated rings. The molecule has 1 N–H and O–H groups in total. The van der Waals surface area contributed by atoms with Gasteiger partial charge in [-0.25, -0.2) is 21.9 Å². The first kappa shape index (κ1) is 31.8. The van der Waals surface area contributed by atoms with E-state index in [2.05, 4.69) is 5.32 Å². The topological polar surface area (TPSA) is 101 Å². The second kappa shape index (κ2) is 12.4. The van der Waals surface area contributed by atoms with Crippen LogP contribution < -0.4 is 5.32 Å². The zero-order chi connectivity index (χ0) is 30.7. The number of halogens is 1. The molecule has 0 unspecified atom stereocenters. The van der Waals surface area contributed by atoms with E-state index in [-0.39, 0.29) is 23.9 Å². The molecule has 3 rings (SSSR count). The Labute approximate surface area is 241 Å². The lowest BCUT2D eigenvalue weighted by Crippen LogP contribution is -2.32. The minimum Gasteiger partial charge on any atom is -0.444 e. The summed E-state index contributed by atoms with van der Waals surface area (Å²) in [5.74, 6) is -0.597. The van der Waals surface area contributed by atoms with Crippen LogP contribution in [0, 0.1) is 6.92 Å². The van der Waals surface area contributed by atoms with E-state index >= 15 is 4.39 Å². The summed E-state index contributed by atoms with van der Waals surface area (Å²) in [5.41, 5.74) is 3.18. The van der Waals surface area contributed by atoms with Gasteiger partial charge in [0.2, 0.25) is 10.0 Å². The van der Waals surface area contributed by atoms with Gasteiger partial charge in [-0.3, -0.25) is 4.79 Å². The van der Waals surface area contributed by atoms with Crippen LogP contribution in [0.3, 0.4) is 0 Å². The number of sulfonamides is 1. The highest BCUT2D eigenvalue weighted by Gasteiger charge is 2.20. The smallest absolute Gasteiger partial charge is 0.407 e. The number of nitrogens with one attached hydrogen (secondary N) is 1. The number of carbonyl (C=O) groups excluding carboxylic acids is 2. The van der Waals surface area contributed by atoms with E-state index in [0.717, 1.165) is 32.0 Å². The number of allylic oxidation sites excluding steroid dienone is 1. The van der Waals surface area contributed by atoms with Crippen molar-refractivity contribution in [2.24, 2.45) is 0 Å². The highest BCUT2D eigenvalue weighted by atomic mass is 32.2. The second-order valence-corrected chi connectivity index (χ2v) is 13.4. The molecule has 0 aliphatic heterocycles. The molecule has 1 heterocycles. The van der Waals surface area contributed by atoms with Crippen LogP contribution >= 0.6 is 0 Å². The molecule has 0 atom stereocenters. The molecule has 2 aromatic carbocycles. The van der Waals surface area contributed by atoms with Crippen molar-refractivity contribution in [3.05, 3.63) is 76.8 Å². The number of rotatable bonds is 9. The highest BCUT2D eigenvalue weighted by Crippen LogP contribution is 2.31. The van der Waals surface area contributed by atoms with E-state index in [1.54, 1.807) is 65.2 Å². The quantitative estimate of drug-likeness (QED) is 0.386. The summed E-state index contributed by atoms with van der Waals surface area (Å²) in [6.07, 6.45) is 1.11. The van der Waals surface area contributed by atoms with Crippen LogP contribution in [-0.2, 0) is 27.7 Å². The van der Waals surface area contributed by atoms with Crippen LogP contribution in [0.4, 0.5) is 9.18 Å². The molecular weight excluding hydrogens is 547 g/mol. The number of hydrogen-bond donors (Lipinski definition) is 1. The molecule has 11 heteroatoms. The van der Waals surface area contributed by atoms with Gasteiger partial charge in [-0.05, 0) is 81.7 Å². The van der Waals surface area contributed by atoms with Crippen molar-refractivity contribution in [1.82, 2.24) is 19.1 Å². The summed E-state index contributed by atoms with van der Waals surface area (Å²) in [5, 5.41) is 3.33. The van der Waals surface area contributed by atoms with Crippen LogP contribution in [0.15, 0.2) is 59.3 Å². The third kappa shape index (κ3) is 7.74. The van der Waals surface area contributed by atoms with E-state index in [1.165, 1.54) is 25.1 Å². The predicted octanol–water partition coefficient (Wildman–Crippen LogP) is 4.87. The normalized spacial score (nSPS) is 12.6. The Morgan fingerprint density at radius 1 is 1.05 bits per heavy atom. The standard InChI is InChI=1S/C30H39FN4O5S/c1-20-25(17-21-9-12-24(13-10-21)41(38,39)34(7)8)26-18-22(28(36)33(5)6)11-14-27(26)35(20)19-23(31)15-16-32-29(37)40-30(2,3)4/h9-15,18H,16-17,19H2,1-8H3,(H,32,37)/b23-15-. The fourth-order valence-electron chi connectivity index (χ4n) is 4.34. The molecule has 222 valence electrons. The summed E-state index contributed by atoms with van der Waals surface area (Å²) in [6, 6.07) is 12.0. The van der Waals surface area contributed by atoms with Gasteiger partial charge in [0.15, 0.2) is 0 Å². The Hall–Kier alpha value is -3.70. The van der Waals surface area contributed by atoms with Gasteiger partial charge in [0.25, 0.3) is 5.91 Å². The Kier molecular flexibility index (Phi) is 9.66. The van der Waals surface area contributed by atoms with Gasteiger partial charge < -0.3 is 19.5 Å². The number of hydrogen-bond acceptors (Lipinski definition) is 5. The van der Waals surface area contributed by atoms with Gasteiger partial charge in [0, 0.05) is 56.9 Å². The molecule has 0 bridgehead atoms. The number of alkyl carbamates (subject to hydrolysis) is 1. The minimum atomic E-state index is -3.56. The molecule has 0 spiro atoms. The van der Waals surface area contributed by atoms with Crippen molar-refractivity contribution in [2.45, 2.75) is 51.2 Å². The molecule has 0 aliphatic carbocycles. The maximum absolute atomic E-state index is 15.1. The molecule has 2 amide bonds.